The molecular weight excluding hydrogens is 314 g/mol. The van der Waals surface area contributed by atoms with Crippen molar-refractivity contribution in [3.8, 4) is 11.3 Å². The van der Waals surface area contributed by atoms with Crippen molar-refractivity contribution in [3.63, 3.8) is 0 Å². The van der Waals surface area contributed by atoms with Crippen LogP contribution >= 0.6 is 11.6 Å². The number of anilines is 1. The van der Waals surface area contributed by atoms with Crippen molar-refractivity contribution in [3.05, 3.63) is 47.6 Å². The van der Waals surface area contributed by atoms with E-state index in [1.807, 2.05) is 43.3 Å². The van der Waals surface area contributed by atoms with Crippen molar-refractivity contribution in [2.24, 2.45) is 0 Å². The van der Waals surface area contributed by atoms with Crippen LogP contribution in [0.5, 0.6) is 0 Å². The molecule has 6 nitrogen and oxygen atoms in total. The van der Waals surface area contributed by atoms with Gasteiger partial charge in [0.2, 0.25) is 0 Å². The second kappa shape index (κ2) is 6.58. The molecule has 116 valence electrons. The van der Waals surface area contributed by atoms with E-state index in [2.05, 4.69) is 25.6 Å². The minimum absolute atomic E-state index is 0.324. The summed E-state index contributed by atoms with van der Waals surface area (Å²) in [5, 5.41) is 5.92. The van der Waals surface area contributed by atoms with E-state index >= 15 is 0 Å². The van der Waals surface area contributed by atoms with Gasteiger partial charge in [-0.15, -0.1) is 0 Å². The number of nitrogens with zero attached hydrogens (tertiary/aromatic N) is 3. The number of carbonyl (C=O) groups excluding carboxylic acids is 1. The number of rotatable bonds is 3. The number of pyridine rings is 1. The molecule has 2 aromatic heterocycles. The first kappa shape index (κ1) is 15.2. The Bertz CT molecular complexity index is 851. The summed E-state index contributed by atoms with van der Waals surface area (Å²) in [5.41, 5.74) is 2.81. The highest BCUT2D eigenvalue weighted by molar-refractivity contribution is 6.30. The number of hydrogen-bond acceptors (Lipinski definition) is 4. The lowest BCUT2D eigenvalue weighted by Crippen LogP contribution is -2.28. The summed E-state index contributed by atoms with van der Waals surface area (Å²) in [6.45, 7) is 2.37. The van der Waals surface area contributed by atoms with Gasteiger partial charge in [-0.3, -0.25) is 5.32 Å². The molecule has 0 saturated heterocycles. The van der Waals surface area contributed by atoms with Crippen LogP contribution < -0.4 is 10.6 Å². The summed E-state index contributed by atoms with van der Waals surface area (Å²) < 4.78 is 0. The van der Waals surface area contributed by atoms with Crippen LogP contribution in [0.25, 0.3) is 22.4 Å². The monoisotopic (exact) mass is 327 g/mol. The predicted molar refractivity (Wildman–Crippen MR) is 90.5 cm³/mol. The normalized spacial score (nSPS) is 10.5. The number of benzene rings is 1. The highest BCUT2D eigenvalue weighted by atomic mass is 35.5. The maximum Gasteiger partial charge on any atom is 0.320 e. The molecule has 0 fully saturated rings. The molecule has 3 aromatic rings. The van der Waals surface area contributed by atoms with Gasteiger partial charge in [0.1, 0.15) is 5.52 Å². The topological polar surface area (TPSA) is 79.8 Å². The van der Waals surface area contributed by atoms with Gasteiger partial charge in [0.15, 0.2) is 11.5 Å². The lowest BCUT2D eigenvalue weighted by molar-refractivity contribution is 0.252. The van der Waals surface area contributed by atoms with E-state index in [4.69, 9.17) is 11.6 Å². The fourth-order valence-corrected chi connectivity index (χ4v) is 2.19. The van der Waals surface area contributed by atoms with E-state index in [1.165, 1.54) is 6.20 Å². The molecule has 0 aliphatic carbocycles. The van der Waals surface area contributed by atoms with E-state index in [-0.39, 0.29) is 6.03 Å². The van der Waals surface area contributed by atoms with Gasteiger partial charge in [-0.2, -0.15) is 0 Å². The van der Waals surface area contributed by atoms with E-state index in [0.717, 1.165) is 11.3 Å². The first-order valence-corrected chi connectivity index (χ1v) is 7.48. The zero-order valence-electron chi connectivity index (χ0n) is 12.4. The Hall–Kier alpha value is -2.73. The zero-order chi connectivity index (χ0) is 16.2. The van der Waals surface area contributed by atoms with Crippen LogP contribution in [0.4, 0.5) is 10.6 Å². The average Bonchev–Trinajstić information content (AvgIpc) is 2.55. The largest absolute Gasteiger partial charge is 0.338 e. The number of carbonyl (C=O) groups is 1. The fraction of sp³-hybridized carbons (Fsp3) is 0.125. The fourth-order valence-electron chi connectivity index (χ4n) is 2.06. The number of aromatic nitrogens is 3. The van der Waals surface area contributed by atoms with Gasteiger partial charge in [0, 0.05) is 17.1 Å². The van der Waals surface area contributed by atoms with Crippen LogP contribution in [-0.2, 0) is 0 Å². The molecular formula is C16H14ClN5O. The Morgan fingerprint density at radius 3 is 2.65 bits per heavy atom. The number of nitrogens with one attached hydrogen (secondary N) is 2. The van der Waals surface area contributed by atoms with Crippen molar-refractivity contribution in [2.75, 3.05) is 11.9 Å². The van der Waals surface area contributed by atoms with Gasteiger partial charge in [-0.05, 0) is 31.2 Å². The lowest BCUT2D eigenvalue weighted by Gasteiger charge is -2.06. The van der Waals surface area contributed by atoms with Crippen LogP contribution in [0.3, 0.4) is 0 Å². The molecule has 0 radical (unpaired) electrons. The van der Waals surface area contributed by atoms with E-state index in [1.54, 1.807) is 0 Å². The molecule has 2 N–H and O–H groups in total. The number of urea groups is 1. The lowest BCUT2D eigenvalue weighted by atomic mass is 10.1. The van der Waals surface area contributed by atoms with Crippen molar-refractivity contribution in [1.29, 1.82) is 0 Å². The smallest absolute Gasteiger partial charge is 0.320 e. The van der Waals surface area contributed by atoms with Gasteiger partial charge in [-0.25, -0.2) is 19.7 Å². The average molecular weight is 328 g/mol. The molecule has 0 atom stereocenters. The Morgan fingerprint density at radius 1 is 1.13 bits per heavy atom. The van der Waals surface area contributed by atoms with E-state index in [9.17, 15) is 4.79 Å². The van der Waals surface area contributed by atoms with Crippen molar-refractivity contribution < 1.29 is 4.79 Å². The number of halogens is 1. The first-order chi connectivity index (χ1) is 11.2. The van der Waals surface area contributed by atoms with Gasteiger partial charge < -0.3 is 5.32 Å². The second-order valence-corrected chi connectivity index (χ2v) is 5.22. The van der Waals surface area contributed by atoms with Crippen molar-refractivity contribution in [2.45, 2.75) is 6.92 Å². The van der Waals surface area contributed by atoms with Crippen LogP contribution in [0.1, 0.15) is 6.92 Å². The van der Waals surface area contributed by atoms with E-state index < -0.39 is 0 Å². The predicted octanol–water partition coefficient (Wildman–Crippen LogP) is 3.49. The third kappa shape index (κ3) is 3.54. The standard InChI is InChI=1S/C16H14ClN5O/c1-2-18-16(23)22-14-9-19-13-8-7-12(20-15(13)21-14)10-3-5-11(17)6-4-10/h3-9H,2H2,1H3,(H2,18,20,21,22,23). The second-order valence-electron chi connectivity index (χ2n) is 4.79. The summed E-state index contributed by atoms with van der Waals surface area (Å²) in [6, 6.07) is 10.8. The molecule has 3 rings (SSSR count). The van der Waals surface area contributed by atoms with Gasteiger partial charge in [0.05, 0.1) is 11.9 Å². The summed E-state index contributed by atoms with van der Waals surface area (Å²) in [5.74, 6) is 0.351. The molecule has 23 heavy (non-hydrogen) atoms. The molecule has 0 aliphatic rings. The summed E-state index contributed by atoms with van der Waals surface area (Å²) in [4.78, 5) is 24.6. The Balaban J connectivity index is 1.94. The first-order valence-electron chi connectivity index (χ1n) is 7.10. The molecule has 0 unspecified atom stereocenters. The van der Waals surface area contributed by atoms with Crippen LogP contribution in [0.15, 0.2) is 42.6 Å². The quantitative estimate of drug-likeness (QED) is 0.771. The summed E-state index contributed by atoms with van der Waals surface area (Å²) in [6.07, 6.45) is 1.50. The Labute approximate surface area is 137 Å². The van der Waals surface area contributed by atoms with Crippen LogP contribution in [-0.4, -0.2) is 27.5 Å². The van der Waals surface area contributed by atoms with Crippen molar-refractivity contribution in [1.82, 2.24) is 20.3 Å². The minimum Gasteiger partial charge on any atom is -0.338 e. The molecule has 0 saturated carbocycles. The SMILES string of the molecule is CCNC(=O)Nc1cnc2ccc(-c3ccc(Cl)cc3)nc2n1. The van der Waals surface area contributed by atoms with E-state index in [0.29, 0.717) is 28.5 Å². The summed E-state index contributed by atoms with van der Waals surface area (Å²) in [7, 11) is 0. The zero-order valence-corrected chi connectivity index (χ0v) is 13.1. The molecule has 1 aromatic carbocycles. The maximum absolute atomic E-state index is 11.5. The highest BCUT2D eigenvalue weighted by Gasteiger charge is 2.07. The Morgan fingerprint density at radius 2 is 1.91 bits per heavy atom. The molecule has 7 heteroatoms. The van der Waals surface area contributed by atoms with Crippen LogP contribution in [0.2, 0.25) is 5.02 Å². The molecule has 0 aliphatic heterocycles. The maximum atomic E-state index is 11.5. The molecule has 0 spiro atoms. The minimum atomic E-state index is -0.324. The molecule has 0 bridgehead atoms. The number of amides is 2. The third-order valence-corrected chi connectivity index (χ3v) is 3.38. The highest BCUT2D eigenvalue weighted by Crippen LogP contribution is 2.21. The summed E-state index contributed by atoms with van der Waals surface area (Å²) >= 11 is 5.90. The van der Waals surface area contributed by atoms with Crippen molar-refractivity contribution >= 4 is 34.6 Å². The molecule has 2 amide bonds. The van der Waals surface area contributed by atoms with Gasteiger partial charge >= 0.3 is 6.03 Å². The van der Waals surface area contributed by atoms with Gasteiger partial charge in [0.25, 0.3) is 0 Å². The third-order valence-electron chi connectivity index (χ3n) is 3.13. The molecule has 2 heterocycles. The number of hydrogen-bond donors (Lipinski definition) is 2. The van der Waals surface area contributed by atoms with Crippen LogP contribution in [0, 0.1) is 0 Å². The van der Waals surface area contributed by atoms with Gasteiger partial charge in [-0.1, -0.05) is 23.7 Å². The Kier molecular flexibility index (Phi) is 4.34. The number of fused-ring (bicyclic) bond motifs is 1.